The van der Waals surface area contributed by atoms with Crippen molar-refractivity contribution in [1.82, 2.24) is 0 Å². The van der Waals surface area contributed by atoms with E-state index in [9.17, 15) is 49.3 Å². The number of rotatable bonds is 7. The topological polar surface area (TPSA) is 164 Å². The SMILES string of the molecule is CC(C)(C)OC(=O)Oc1cccc([S+](c2cccc(OC(=O)OC(C)(C)C)c2)c2cccc(OC(=O)OC(C)(C)C)c2)c1.O=S(=O)([O-])c1c(F)c(F)c(F)c(F)c1F. The second-order valence-electron chi connectivity index (χ2n) is 14.8. The van der Waals surface area contributed by atoms with E-state index in [2.05, 4.69) is 0 Å². The van der Waals surface area contributed by atoms with E-state index < -0.39 is 90.3 Å². The summed E-state index contributed by atoms with van der Waals surface area (Å²) in [6, 6.07) is 21.1. The zero-order valence-corrected chi connectivity index (χ0v) is 34.2. The third-order valence-corrected chi connectivity index (χ3v) is 9.35. The molecular formula is C39H39F5O12S2. The van der Waals surface area contributed by atoms with Gasteiger partial charge in [-0.3, -0.25) is 0 Å². The molecule has 12 nitrogen and oxygen atoms in total. The van der Waals surface area contributed by atoms with Crippen LogP contribution in [0.2, 0.25) is 0 Å². The molecule has 0 fully saturated rings. The minimum Gasteiger partial charge on any atom is -0.744 e. The van der Waals surface area contributed by atoms with Crippen LogP contribution in [0.4, 0.5) is 36.3 Å². The third kappa shape index (κ3) is 14.2. The Morgan fingerprint density at radius 2 is 0.759 bits per heavy atom. The molecule has 0 aliphatic heterocycles. The van der Waals surface area contributed by atoms with Crippen LogP contribution in [0.3, 0.4) is 0 Å². The Morgan fingerprint density at radius 1 is 0.500 bits per heavy atom. The van der Waals surface area contributed by atoms with Crippen molar-refractivity contribution in [2.24, 2.45) is 0 Å². The molecule has 0 spiro atoms. The van der Waals surface area contributed by atoms with Gasteiger partial charge in [-0.2, -0.15) is 0 Å². The maximum atomic E-state index is 12.6. The fourth-order valence-corrected chi connectivity index (χ4v) is 7.09. The molecule has 4 aromatic rings. The van der Waals surface area contributed by atoms with Gasteiger partial charge in [0, 0.05) is 18.2 Å². The minimum absolute atomic E-state index is 0.284. The molecule has 58 heavy (non-hydrogen) atoms. The fraction of sp³-hybridized carbons (Fsp3) is 0.308. The first-order valence-corrected chi connectivity index (χ1v) is 19.4. The first-order chi connectivity index (χ1) is 26.5. The lowest BCUT2D eigenvalue weighted by atomic mass is 10.2. The molecule has 0 saturated carbocycles. The lowest BCUT2D eigenvalue weighted by molar-refractivity contribution is 0.0192. The highest BCUT2D eigenvalue weighted by Gasteiger charge is 2.32. The van der Waals surface area contributed by atoms with Crippen LogP contribution >= 0.6 is 0 Å². The second-order valence-corrected chi connectivity index (χ2v) is 18.1. The van der Waals surface area contributed by atoms with Gasteiger partial charge in [-0.05, 0) is 98.7 Å². The lowest BCUT2D eigenvalue weighted by Gasteiger charge is -2.19. The van der Waals surface area contributed by atoms with Gasteiger partial charge >= 0.3 is 18.5 Å². The van der Waals surface area contributed by atoms with Crippen molar-refractivity contribution in [3.63, 3.8) is 0 Å². The van der Waals surface area contributed by atoms with E-state index in [-0.39, 0.29) is 17.2 Å². The molecule has 0 amide bonds. The van der Waals surface area contributed by atoms with Gasteiger partial charge in [-0.15, -0.1) is 0 Å². The molecule has 314 valence electrons. The number of hydrogen-bond acceptors (Lipinski definition) is 12. The van der Waals surface area contributed by atoms with Crippen molar-refractivity contribution in [2.45, 2.75) is 98.7 Å². The Morgan fingerprint density at radius 3 is 1.00 bits per heavy atom. The van der Waals surface area contributed by atoms with E-state index in [1.54, 1.807) is 117 Å². The van der Waals surface area contributed by atoms with Crippen LogP contribution in [-0.4, -0.2) is 48.2 Å². The number of carbonyl (C=O) groups excluding carboxylic acids is 3. The summed E-state index contributed by atoms with van der Waals surface area (Å²) in [5.74, 6) is -12.0. The first kappa shape index (κ1) is 47.0. The smallest absolute Gasteiger partial charge is 0.514 e. The lowest BCUT2D eigenvalue weighted by Crippen LogP contribution is -2.26. The summed E-state index contributed by atoms with van der Waals surface area (Å²) in [6.07, 6.45) is -2.49. The Kier molecular flexibility index (Phi) is 15.0. The highest BCUT2D eigenvalue weighted by molar-refractivity contribution is 7.97. The maximum absolute atomic E-state index is 12.6. The van der Waals surface area contributed by atoms with Crippen molar-refractivity contribution in [1.29, 1.82) is 0 Å². The van der Waals surface area contributed by atoms with Crippen molar-refractivity contribution in [2.75, 3.05) is 0 Å². The van der Waals surface area contributed by atoms with Gasteiger partial charge in [-0.25, -0.2) is 44.8 Å². The highest BCUT2D eigenvalue weighted by atomic mass is 32.2. The second kappa shape index (κ2) is 18.5. The molecule has 0 aliphatic rings. The summed E-state index contributed by atoms with van der Waals surface area (Å²) in [7, 11) is -6.62. The number of hydrogen-bond donors (Lipinski definition) is 0. The average Bonchev–Trinajstić information content (AvgIpc) is 3.04. The minimum atomic E-state index is -5.77. The van der Waals surface area contributed by atoms with Crippen LogP contribution in [-0.2, 0) is 35.2 Å². The van der Waals surface area contributed by atoms with Gasteiger partial charge < -0.3 is 33.0 Å². The van der Waals surface area contributed by atoms with Gasteiger partial charge in [0.15, 0.2) is 38.0 Å². The summed E-state index contributed by atoms with van der Waals surface area (Å²) in [5.41, 5.74) is -2.16. The Labute approximate surface area is 334 Å². The average molecular weight is 859 g/mol. The molecule has 0 aromatic heterocycles. The van der Waals surface area contributed by atoms with Gasteiger partial charge in [0.25, 0.3) is 0 Å². The molecular weight excluding hydrogens is 820 g/mol. The molecule has 0 unspecified atom stereocenters. The summed E-state index contributed by atoms with van der Waals surface area (Å²) in [4.78, 5) is 37.1. The highest BCUT2D eigenvalue weighted by Crippen LogP contribution is 2.36. The van der Waals surface area contributed by atoms with Crippen molar-refractivity contribution in [3.8, 4) is 17.2 Å². The van der Waals surface area contributed by atoms with Gasteiger partial charge in [0.2, 0.25) is 5.82 Å². The molecule has 0 aliphatic carbocycles. The Hall–Kier alpha value is -5.40. The summed E-state index contributed by atoms with van der Waals surface area (Å²) in [6.45, 7) is 15.8. The normalized spacial score (nSPS) is 11.9. The molecule has 0 N–H and O–H groups in total. The zero-order valence-electron chi connectivity index (χ0n) is 32.5. The standard InChI is InChI=1S/C33H39O9S.C6HF5O3S/c1-31(2,3)40-28(34)37-22-13-10-16-25(19-22)43(26-17-11-14-23(20-26)38-29(35)41-32(4,5)6)27-18-12-15-24(21-27)39-30(36)42-33(7,8)9;7-1-2(8)4(10)6(15(12,13)14)5(11)3(1)9/h10-21H,1-9H3;(H,12,13,14)/q+1;/p-1. The van der Waals surface area contributed by atoms with E-state index in [0.717, 1.165) is 14.7 Å². The van der Waals surface area contributed by atoms with Crippen LogP contribution in [0.25, 0.3) is 0 Å². The van der Waals surface area contributed by atoms with E-state index in [1.807, 2.05) is 18.2 Å². The molecule has 19 heteroatoms. The van der Waals surface area contributed by atoms with E-state index in [1.165, 1.54) is 0 Å². The fourth-order valence-electron chi connectivity index (χ4n) is 4.31. The summed E-state index contributed by atoms with van der Waals surface area (Å²) < 4.78 is 125. The van der Waals surface area contributed by atoms with Gasteiger partial charge in [-0.1, -0.05) is 18.2 Å². The first-order valence-electron chi connectivity index (χ1n) is 16.8. The molecule has 0 heterocycles. The van der Waals surface area contributed by atoms with E-state index >= 15 is 0 Å². The van der Waals surface area contributed by atoms with Crippen molar-refractivity contribution in [3.05, 3.63) is 102 Å². The van der Waals surface area contributed by atoms with Gasteiger partial charge in [0.05, 0.1) is 10.9 Å². The zero-order chi connectivity index (χ0) is 44.0. The number of halogens is 5. The quantitative estimate of drug-likeness (QED) is 0.0253. The summed E-state index contributed by atoms with van der Waals surface area (Å²) in [5, 5.41) is 0. The summed E-state index contributed by atoms with van der Waals surface area (Å²) >= 11 is 0. The Bertz CT molecular complexity index is 2060. The predicted octanol–water partition coefficient (Wildman–Crippen LogP) is 10.0. The monoisotopic (exact) mass is 858 g/mol. The molecule has 0 radical (unpaired) electrons. The van der Waals surface area contributed by atoms with Crippen LogP contribution in [0, 0.1) is 29.1 Å². The van der Waals surface area contributed by atoms with Crippen LogP contribution in [0.5, 0.6) is 17.2 Å². The largest absolute Gasteiger partial charge is 0.744 e. The van der Waals surface area contributed by atoms with Gasteiger partial charge in [0.1, 0.15) is 49.1 Å². The van der Waals surface area contributed by atoms with E-state index in [0.29, 0.717) is 0 Å². The van der Waals surface area contributed by atoms with Crippen molar-refractivity contribution < 1.29 is 77.7 Å². The van der Waals surface area contributed by atoms with Crippen LogP contribution < -0.4 is 14.2 Å². The van der Waals surface area contributed by atoms with Crippen LogP contribution in [0.1, 0.15) is 62.3 Å². The predicted molar refractivity (Wildman–Crippen MR) is 196 cm³/mol. The molecule has 0 atom stereocenters. The van der Waals surface area contributed by atoms with E-state index in [4.69, 9.17) is 28.4 Å². The number of benzene rings is 4. The Balaban J connectivity index is 0.000000502. The molecule has 4 aromatic carbocycles. The third-order valence-electron chi connectivity index (χ3n) is 6.32. The maximum Gasteiger partial charge on any atom is 0.514 e. The molecule has 0 saturated heterocycles. The molecule has 4 rings (SSSR count). The number of carbonyl (C=O) groups is 3. The van der Waals surface area contributed by atoms with Crippen LogP contribution in [0.15, 0.2) is 92.4 Å². The number of ether oxygens (including phenoxy) is 6. The molecule has 0 bridgehead atoms. The van der Waals surface area contributed by atoms with Crippen molar-refractivity contribution >= 4 is 39.5 Å².